The summed E-state index contributed by atoms with van der Waals surface area (Å²) in [7, 11) is 0. The molecule has 0 bridgehead atoms. The van der Waals surface area contributed by atoms with Crippen LogP contribution in [0.4, 0.5) is 0 Å². The van der Waals surface area contributed by atoms with Crippen LogP contribution in [-0.2, 0) is 0 Å². The lowest BCUT2D eigenvalue weighted by molar-refractivity contribution is 0.467. The molecule has 0 fully saturated rings. The minimum atomic E-state index is -0.171. The molecule has 1 N–H and O–H groups in total. The first-order valence-electron chi connectivity index (χ1n) is 5.88. The summed E-state index contributed by atoms with van der Waals surface area (Å²) in [5, 5.41) is 10.3. The second kappa shape index (κ2) is 5.59. The molecule has 0 atom stereocenters. The van der Waals surface area contributed by atoms with Gasteiger partial charge in [0.2, 0.25) is 0 Å². The van der Waals surface area contributed by atoms with Crippen molar-refractivity contribution < 1.29 is 9.52 Å². The Labute approximate surface area is 145 Å². The average molecular weight is 475 g/mol. The van der Waals surface area contributed by atoms with Gasteiger partial charge in [0.05, 0.1) is 9.86 Å². The van der Waals surface area contributed by atoms with Gasteiger partial charge in [-0.25, -0.2) is 0 Å². The predicted molar refractivity (Wildman–Crippen MR) is 92.7 cm³/mol. The molecule has 0 amide bonds. The Morgan fingerprint density at radius 1 is 1.00 bits per heavy atom. The molecule has 0 saturated carbocycles. The maximum absolute atomic E-state index is 12.3. The summed E-state index contributed by atoms with van der Waals surface area (Å²) >= 11 is 9.83. The van der Waals surface area contributed by atoms with Crippen LogP contribution in [0.15, 0.2) is 59.0 Å². The summed E-state index contributed by atoms with van der Waals surface area (Å²) in [6.07, 6.45) is 0. The van der Waals surface area contributed by atoms with Gasteiger partial charge in [-0.1, -0.05) is 28.1 Å². The van der Waals surface area contributed by atoms with Crippen LogP contribution in [0.1, 0.15) is 0 Å². The van der Waals surface area contributed by atoms with E-state index in [1.54, 1.807) is 6.07 Å². The summed E-state index contributed by atoms with van der Waals surface area (Å²) in [5.74, 6) is 0.445. The van der Waals surface area contributed by atoms with Gasteiger partial charge >= 0.3 is 0 Å². The smallest absolute Gasteiger partial charge is 0.193 e. The van der Waals surface area contributed by atoms with Crippen molar-refractivity contribution in [1.29, 1.82) is 0 Å². The van der Waals surface area contributed by atoms with E-state index in [1.165, 1.54) is 6.07 Å². The number of phenolic OH excluding ortho intramolecular Hbond substituents is 1. The molecule has 3 rings (SSSR count). The topological polar surface area (TPSA) is 50.4 Å². The van der Waals surface area contributed by atoms with Crippen LogP contribution in [-0.4, -0.2) is 5.11 Å². The Kier molecular flexibility index (Phi) is 3.94. The van der Waals surface area contributed by atoms with Crippen LogP contribution in [0, 0.1) is 0 Å². The Balaban J connectivity index is 2.33. The zero-order valence-electron chi connectivity index (χ0n) is 10.4. The highest BCUT2D eigenvalue weighted by Gasteiger charge is 2.15. The molecule has 3 nitrogen and oxygen atoms in total. The van der Waals surface area contributed by atoms with Gasteiger partial charge in [0.25, 0.3) is 0 Å². The van der Waals surface area contributed by atoms with E-state index in [-0.39, 0.29) is 11.2 Å². The van der Waals surface area contributed by atoms with Gasteiger partial charge in [-0.05, 0) is 50.1 Å². The third-order valence-electron chi connectivity index (χ3n) is 3.02. The fourth-order valence-electron chi connectivity index (χ4n) is 1.97. The summed E-state index contributed by atoms with van der Waals surface area (Å²) in [6, 6.07) is 10.4. The fourth-order valence-corrected chi connectivity index (χ4v) is 3.43. The van der Waals surface area contributed by atoms with Gasteiger partial charge in [-0.3, -0.25) is 4.79 Å². The second-order valence-corrected chi connectivity index (χ2v) is 6.94. The zero-order chi connectivity index (χ0) is 15.1. The molecule has 0 aliphatic heterocycles. The van der Waals surface area contributed by atoms with Crippen LogP contribution in [0.3, 0.4) is 0 Å². The lowest BCUT2D eigenvalue weighted by Gasteiger charge is -2.07. The van der Waals surface area contributed by atoms with Crippen molar-refractivity contribution in [1.82, 2.24) is 0 Å². The molecule has 106 valence electrons. The first-order valence-corrected chi connectivity index (χ1v) is 8.26. The average Bonchev–Trinajstić information content (AvgIpc) is 2.47. The van der Waals surface area contributed by atoms with E-state index in [4.69, 9.17) is 4.42 Å². The van der Waals surface area contributed by atoms with E-state index < -0.39 is 0 Å². The Bertz CT molecular complexity index is 899. The molecule has 0 unspecified atom stereocenters. The van der Waals surface area contributed by atoms with Gasteiger partial charge in [0.1, 0.15) is 16.0 Å². The lowest BCUT2D eigenvalue weighted by atomic mass is 10.1. The number of halogens is 3. The van der Waals surface area contributed by atoms with Crippen LogP contribution in [0.2, 0.25) is 0 Å². The van der Waals surface area contributed by atoms with E-state index in [1.807, 2.05) is 24.3 Å². The zero-order valence-corrected chi connectivity index (χ0v) is 15.1. The highest BCUT2D eigenvalue weighted by atomic mass is 79.9. The minimum Gasteiger partial charge on any atom is -0.505 e. The minimum absolute atomic E-state index is 0.00129. The van der Waals surface area contributed by atoms with Crippen LogP contribution >= 0.6 is 47.8 Å². The molecule has 21 heavy (non-hydrogen) atoms. The number of phenols is 1. The summed E-state index contributed by atoms with van der Waals surface area (Å²) < 4.78 is 7.52. The maximum Gasteiger partial charge on any atom is 0.193 e. The van der Waals surface area contributed by atoms with Crippen molar-refractivity contribution in [3.8, 4) is 17.1 Å². The SMILES string of the molecule is O=c1cc(-c2ccc(Br)cc2)oc2c(Br)c(O)c(Br)cc12. The molecular weight excluding hydrogens is 468 g/mol. The second-order valence-electron chi connectivity index (χ2n) is 4.38. The molecule has 0 radical (unpaired) electrons. The van der Waals surface area contributed by atoms with Gasteiger partial charge < -0.3 is 9.52 Å². The number of fused-ring (bicyclic) bond motifs is 1. The van der Waals surface area contributed by atoms with Gasteiger partial charge in [0, 0.05) is 16.1 Å². The van der Waals surface area contributed by atoms with Crippen molar-refractivity contribution >= 4 is 58.8 Å². The van der Waals surface area contributed by atoms with Gasteiger partial charge in [-0.2, -0.15) is 0 Å². The Morgan fingerprint density at radius 3 is 2.33 bits per heavy atom. The Hall–Kier alpha value is -1.11. The molecular formula is C15H7Br3O3. The molecule has 0 aliphatic carbocycles. The summed E-state index contributed by atoms with van der Waals surface area (Å²) in [4.78, 5) is 12.3. The van der Waals surface area contributed by atoms with Crippen LogP contribution in [0.25, 0.3) is 22.3 Å². The van der Waals surface area contributed by atoms with E-state index in [9.17, 15) is 9.90 Å². The normalized spacial score (nSPS) is 11.0. The third-order valence-corrected chi connectivity index (χ3v) is 4.89. The quantitative estimate of drug-likeness (QED) is 0.510. The summed E-state index contributed by atoms with van der Waals surface area (Å²) in [5.41, 5.74) is 0.934. The number of hydrogen-bond acceptors (Lipinski definition) is 3. The number of aromatic hydroxyl groups is 1. The van der Waals surface area contributed by atoms with Crippen molar-refractivity contribution in [3.05, 3.63) is 60.0 Å². The van der Waals surface area contributed by atoms with Crippen molar-refractivity contribution in [2.24, 2.45) is 0 Å². The van der Waals surface area contributed by atoms with Gasteiger partial charge in [-0.15, -0.1) is 0 Å². The number of hydrogen-bond donors (Lipinski definition) is 1. The van der Waals surface area contributed by atoms with E-state index >= 15 is 0 Å². The first-order chi connectivity index (χ1) is 9.97. The summed E-state index contributed by atoms with van der Waals surface area (Å²) in [6.45, 7) is 0. The highest BCUT2D eigenvalue weighted by Crippen LogP contribution is 2.38. The molecule has 3 aromatic rings. The maximum atomic E-state index is 12.3. The van der Waals surface area contributed by atoms with E-state index in [0.717, 1.165) is 10.0 Å². The van der Waals surface area contributed by atoms with E-state index in [2.05, 4.69) is 47.8 Å². The predicted octanol–water partition coefficient (Wildman–Crippen LogP) is 5.45. The fraction of sp³-hybridized carbons (Fsp3) is 0. The molecule has 0 spiro atoms. The highest BCUT2D eigenvalue weighted by molar-refractivity contribution is 9.11. The van der Waals surface area contributed by atoms with Crippen molar-refractivity contribution in [2.75, 3.05) is 0 Å². The van der Waals surface area contributed by atoms with Crippen molar-refractivity contribution in [3.63, 3.8) is 0 Å². The third kappa shape index (κ3) is 2.67. The number of benzene rings is 2. The number of rotatable bonds is 1. The largest absolute Gasteiger partial charge is 0.505 e. The van der Waals surface area contributed by atoms with E-state index in [0.29, 0.717) is 25.7 Å². The monoisotopic (exact) mass is 472 g/mol. The molecule has 1 heterocycles. The molecule has 0 saturated heterocycles. The standard InChI is InChI=1S/C15H7Br3O3/c16-8-3-1-7(2-4-8)12-6-11(19)9-5-10(17)14(20)13(18)15(9)21-12/h1-6,20H. The van der Waals surface area contributed by atoms with Gasteiger partial charge in [0.15, 0.2) is 11.0 Å². The Morgan fingerprint density at radius 2 is 1.67 bits per heavy atom. The molecule has 0 aliphatic rings. The molecule has 1 aromatic heterocycles. The lowest BCUT2D eigenvalue weighted by Crippen LogP contribution is -2.01. The molecule has 6 heteroatoms. The van der Waals surface area contributed by atoms with Crippen LogP contribution < -0.4 is 5.43 Å². The first kappa shape index (κ1) is 14.8. The molecule has 2 aromatic carbocycles. The van der Waals surface area contributed by atoms with Crippen molar-refractivity contribution in [2.45, 2.75) is 0 Å². The van der Waals surface area contributed by atoms with Crippen LogP contribution in [0.5, 0.6) is 5.75 Å².